The van der Waals surface area contributed by atoms with Gasteiger partial charge in [0.25, 0.3) is 0 Å². The van der Waals surface area contributed by atoms with Gasteiger partial charge in [0.2, 0.25) is 5.91 Å². The summed E-state index contributed by atoms with van der Waals surface area (Å²) < 4.78 is 0. The molecule has 0 aromatic heterocycles. The van der Waals surface area contributed by atoms with E-state index in [9.17, 15) is 9.59 Å². The summed E-state index contributed by atoms with van der Waals surface area (Å²) in [6.45, 7) is 3.60. The van der Waals surface area contributed by atoms with Gasteiger partial charge in [0, 0.05) is 6.08 Å². The molecule has 4 nitrogen and oxygen atoms in total. The third-order valence-corrected chi connectivity index (χ3v) is 2.40. The lowest BCUT2D eigenvalue weighted by atomic mass is 9.77. The molecule has 2 N–H and O–H groups in total. The van der Waals surface area contributed by atoms with Gasteiger partial charge in [-0.25, -0.2) is 4.79 Å². The number of hydrogen-bond donors (Lipinski definition) is 2. The second kappa shape index (κ2) is 3.82. The van der Waals surface area contributed by atoms with Crippen LogP contribution in [0.15, 0.2) is 11.6 Å². The number of aliphatic carboxylic acids is 1. The molecule has 1 fully saturated rings. The van der Waals surface area contributed by atoms with E-state index in [1.54, 1.807) is 13.8 Å². The van der Waals surface area contributed by atoms with Gasteiger partial charge in [0.05, 0.1) is 0 Å². The van der Waals surface area contributed by atoms with Gasteiger partial charge in [0.15, 0.2) is 0 Å². The molecule has 0 atom stereocenters. The molecule has 14 heavy (non-hydrogen) atoms. The van der Waals surface area contributed by atoms with E-state index in [0.29, 0.717) is 12.8 Å². The number of carbonyl (C=O) groups is 2. The topological polar surface area (TPSA) is 66.4 Å². The van der Waals surface area contributed by atoms with E-state index in [0.717, 1.165) is 12.0 Å². The van der Waals surface area contributed by atoms with Gasteiger partial charge >= 0.3 is 5.97 Å². The van der Waals surface area contributed by atoms with Crippen LogP contribution in [-0.4, -0.2) is 22.5 Å². The second-order valence-electron chi connectivity index (χ2n) is 3.95. The maximum Gasteiger partial charge on any atom is 0.329 e. The molecule has 0 heterocycles. The monoisotopic (exact) mass is 197 g/mol. The van der Waals surface area contributed by atoms with E-state index in [2.05, 4.69) is 5.32 Å². The van der Waals surface area contributed by atoms with E-state index < -0.39 is 11.5 Å². The zero-order valence-corrected chi connectivity index (χ0v) is 8.46. The first-order valence-electron chi connectivity index (χ1n) is 4.67. The Hall–Kier alpha value is -1.32. The molecule has 0 spiro atoms. The highest BCUT2D eigenvalue weighted by Crippen LogP contribution is 2.31. The Morgan fingerprint density at radius 3 is 2.21 bits per heavy atom. The molecule has 1 aliphatic carbocycles. The molecule has 1 rings (SSSR count). The number of nitrogens with one attached hydrogen (secondary N) is 1. The van der Waals surface area contributed by atoms with Crippen molar-refractivity contribution >= 4 is 11.9 Å². The normalized spacial score (nSPS) is 17.9. The molecule has 0 unspecified atom stereocenters. The molecule has 1 saturated carbocycles. The average Bonchev–Trinajstić information content (AvgIpc) is 1.94. The van der Waals surface area contributed by atoms with E-state index in [-0.39, 0.29) is 5.91 Å². The molecular formula is C10H15NO3. The number of hydrogen-bond acceptors (Lipinski definition) is 2. The van der Waals surface area contributed by atoms with Gasteiger partial charge in [0.1, 0.15) is 5.54 Å². The van der Waals surface area contributed by atoms with Gasteiger partial charge in [-0.2, -0.15) is 0 Å². The third kappa shape index (κ3) is 2.13. The van der Waals surface area contributed by atoms with Crippen molar-refractivity contribution in [2.24, 2.45) is 0 Å². The fraction of sp³-hybridized carbons (Fsp3) is 0.600. The maximum absolute atomic E-state index is 11.3. The van der Waals surface area contributed by atoms with E-state index >= 15 is 0 Å². The second-order valence-corrected chi connectivity index (χ2v) is 3.95. The zero-order valence-electron chi connectivity index (χ0n) is 8.46. The highest BCUT2D eigenvalue weighted by atomic mass is 16.4. The van der Waals surface area contributed by atoms with Crippen molar-refractivity contribution in [3.63, 3.8) is 0 Å². The largest absolute Gasteiger partial charge is 0.480 e. The molecule has 0 aliphatic heterocycles. The van der Waals surface area contributed by atoms with Crippen LogP contribution in [0, 0.1) is 0 Å². The Labute approximate surface area is 83.0 Å². The Morgan fingerprint density at radius 1 is 1.36 bits per heavy atom. The van der Waals surface area contributed by atoms with Crippen LogP contribution < -0.4 is 5.32 Å². The molecule has 0 bridgehead atoms. The van der Waals surface area contributed by atoms with Crippen LogP contribution in [-0.2, 0) is 9.59 Å². The maximum atomic E-state index is 11.3. The summed E-state index contributed by atoms with van der Waals surface area (Å²) in [5.41, 5.74) is -0.134. The zero-order chi connectivity index (χ0) is 10.8. The summed E-state index contributed by atoms with van der Waals surface area (Å²) >= 11 is 0. The first kappa shape index (κ1) is 10.8. The molecule has 0 aromatic rings. The van der Waals surface area contributed by atoms with Crippen molar-refractivity contribution < 1.29 is 14.7 Å². The lowest BCUT2D eigenvalue weighted by Gasteiger charge is -2.37. The van der Waals surface area contributed by atoms with Gasteiger partial charge in [-0.05, 0) is 33.1 Å². The van der Waals surface area contributed by atoms with Crippen molar-refractivity contribution in [1.82, 2.24) is 5.32 Å². The fourth-order valence-corrected chi connectivity index (χ4v) is 1.46. The van der Waals surface area contributed by atoms with Crippen LogP contribution in [0.1, 0.15) is 33.1 Å². The van der Waals surface area contributed by atoms with Gasteiger partial charge < -0.3 is 10.4 Å². The van der Waals surface area contributed by atoms with E-state index in [1.807, 2.05) is 0 Å². The Balaban J connectivity index is 2.62. The van der Waals surface area contributed by atoms with Gasteiger partial charge in [-0.1, -0.05) is 5.57 Å². The minimum atomic E-state index is -0.997. The standard InChI is InChI=1S/C10H15NO3/c1-7(2)6-8(12)11-10(9(13)14)4-3-5-10/h6H,3-5H2,1-2H3,(H,11,12)(H,13,14). The van der Waals surface area contributed by atoms with Crippen LogP contribution in [0.25, 0.3) is 0 Å². The number of carbonyl (C=O) groups excluding carboxylic acids is 1. The summed E-state index contributed by atoms with van der Waals surface area (Å²) in [6, 6.07) is 0. The van der Waals surface area contributed by atoms with Crippen molar-refractivity contribution in [3.05, 3.63) is 11.6 Å². The minimum Gasteiger partial charge on any atom is -0.480 e. The predicted octanol–water partition coefficient (Wildman–Crippen LogP) is 1.08. The summed E-state index contributed by atoms with van der Waals surface area (Å²) in [5.74, 6) is -1.24. The molecular weight excluding hydrogens is 182 g/mol. The molecule has 4 heteroatoms. The number of rotatable bonds is 3. The predicted molar refractivity (Wildman–Crippen MR) is 51.8 cm³/mol. The molecule has 0 saturated heterocycles. The van der Waals surface area contributed by atoms with Gasteiger partial charge in [-0.15, -0.1) is 0 Å². The smallest absolute Gasteiger partial charge is 0.329 e. The lowest BCUT2D eigenvalue weighted by molar-refractivity contribution is -0.151. The van der Waals surface area contributed by atoms with E-state index in [1.165, 1.54) is 6.08 Å². The van der Waals surface area contributed by atoms with Crippen LogP contribution in [0.5, 0.6) is 0 Å². The molecule has 78 valence electrons. The first-order chi connectivity index (χ1) is 6.46. The highest BCUT2D eigenvalue weighted by Gasteiger charge is 2.45. The SMILES string of the molecule is CC(C)=CC(=O)NC1(C(=O)O)CCC1. The Kier molecular flexibility index (Phi) is 2.93. The molecule has 0 radical (unpaired) electrons. The number of amides is 1. The van der Waals surface area contributed by atoms with Gasteiger partial charge in [-0.3, -0.25) is 4.79 Å². The third-order valence-electron chi connectivity index (χ3n) is 2.40. The first-order valence-corrected chi connectivity index (χ1v) is 4.67. The average molecular weight is 197 g/mol. The van der Waals surface area contributed by atoms with Crippen molar-refractivity contribution in [1.29, 1.82) is 0 Å². The minimum absolute atomic E-state index is 0.313. The Morgan fingerprint density at radius 2 is 1.93 bits per heavy atom. The molecule has 0 aromatic carbocycles. The number of carboxylic acids is 1. The summed E-state index contributed by atoms with van der Waals surface area (Å²) in [7, 11) is 0. The van der Waals surface area contributed by atoms with Crippen molar-refractivity contribution in [3.8, 4) is 0 Å². The van der Waals surface area contributed by atoms with Crippen LogP contribution in [0.4, 0.5) is 0 Å². The van der Waals surface area contributed by atoms with Crippen molar-refractivity contribution in [2.45, 2.75) is 38.6 Å². The van der Waals surface area contributed by atoms with Crippen LogP contribution >= 0.6 is 0 Å². The molecule has 1 amide bonds. The number of allylic oxidation sites excluding steroid dienone is 1. The lowest BCUT2D eigenvalue weighted by Crippen LogP contribution is -2.58. The summed E-state index contributed by atoms with van der Waals surface area (Å²) in [4.78, 5) is 22.2. The summed E-state index contributed by atoms with van der Waals surface area (Å²) in [6.07, 6.45) is 3.35. The quantitative estimate of drug-likeness (QED) is 0.665. The highest BCUT2D eigenvalue weighted by molar-refractivity contribution is 5.93. The summed E-state index contributed by atoms with van der Waals surface area (Å²) in [5, 5.41) is 11.5. The number of carboxylic acid groups (broad SMARTS) is 1. The Bertz CT molecular complexity index is 286. The van der Waals surface area contributed by atoms with Crippen LogP contribution in [0.2, 0.25) is 0 Å². The van der Waals surface area contributed by atoms with E-state index in [4.69, 9.17) is 5.11 Å². The molecule has 1 aliphatic rings. The fourth-order valence-electron chi connectivity index (χ4n) is 1.46. The van der Waals surface area contributed by atoms with Crippen molar-refractivity contribution in [2.75, 3.05) is 0 Å². The van der Waals surface area contributed by atoms with Crippen LogP contribution in [0.3, 0.4) is 0 Å².